The van der Waals surface area contributed by atoms with Crippen LogP contribution in [0.25, 0.3) is 11.4 Å². The minimum atomic E-state index is 0.0584. The number of amides is 1. The monoisotopic (exact) mass is 409 g/mol. The van der Waals surface area contributed by atoms with Gasteiger partial charge in [0, 0.05) is 49.5 Å². The second-order valence-corrected chi connectivity index (χ2v) is 7.80. The third-order valence-electron chi connectivity index (χ3n) is 5.46. The molecule has 29 heavy (non-hydrogen) atoms. The molecular formula is C21H25N6OS+. The fraction of sp³-hybridized carbons (Fsp3) is 0.333. The number of rotatable bonds is 5. The lowest BCUT2D eigenvalue weighted by atomic mass is 9.96. The molecule has 1 fully saturated rings. The normalized spacial score (nSPS) is 19.1. The molecule has 2 N–H and O–H groups in total. The number of hydrogen-bond acceptors (Lipinski definition) is 4. The molecule has 1 saturated heterocycles. The number of carbonyl (C=O) groups excluding carboxylic acids is 1. The number of nitrogens with zero attached hydrogens (tertiary/aromatic N) is 4. The molecule has 0 unspecified atom stereocenters. The second-order valence-electron chi connectivity index (χ2n) is 7.44. The number of aromatic nitrogens is 4. The van der Waals surface area contributed by atoms with E-state index in [1.165, 1.54) is 4.90 Å². The summed E-state index contributed by atoms with van der Waals surface area (Å²) in [5.74, 6) is 1.02. The van der Waals surface area contributed by atoms with Crippen LogP contribution in [0.1, 0.15) is 12.8 Å². The van der Waals surface area contributed by atoms with E-state index in [4.69, 9.17) is 17.3 Å². The average Bonchev–Trinajstić information content (AvgIpc) is 3.04. The third-order valence-corrected chi connectivity index (χ3v) is 5.94. The molecule has 1 aromatic carbocycles. The van der Waals surface area contributed by atoms with E-state index in [0.717, 1.165) is 43.0 Å². The van der Waals surface area contributed by atoms with Crippen LogP contribution in [0.4, 0.5) is 5.69 Å². The van der Waals surface area contributed by atoms with Gasteiger partial charge in [-0.15, -0.1) is 5.10 Å². The molecule has 0 radical (unpaired) electrons. The van der Waals surface area contributed by atoms with Crippen molar-refractivity contribution in [2.24, 2.45) is 13.0 Å². The molecule has 0 aliphatic carbocycles. The van der Waals surface area contributed by atoms with Crippen molar-refractivity contribution in [3.05, 3.63) is 59.6 Å². The number of piperidine rings is 1. The van der Waals surface area contributed by atoms with Crippen LogP contribution >= 0.6 is 12.2 Å². The van der Waals surface area contributed by atoms with Crippen LogP contribution in [0.2, 0.25) is 0 Å². The Morgan fingerprint density at radius 1 is 1.17 bits per heavy atom. The first-order chi connectivity index (χ1) is 14.1. The van der Waals surface area contributed by atoms with E-state index in [2.05, 4.69) is 10.3 Å². The largest absolute Gasteiger partial charge is 0.326 e. The zero-order valence-corrected chi connectivity index (χ0v) is 17.2. The van der Waals surface area contributed by atoms with Crippen LogP contribution in [0.15, 0.2) is 54.9 Å². The Morgan fingerprint density at radius 3 is 2.55 bits per heavy atom. The number of pyridine rings is 1. The van der Waals surface area contributed by atoms with Gasteiger partial charge < -0.3 is 14.8 Å². The fourth-order valence-electron chi connectivity index (χ4n) is 3.77. The van der Waals surface area contributed by atoms with Crippen LogP contribution in [0.5, 0.6) is 0 Å². The third kappa shape index (κ3) is 4.44. The van der Waals surface area contributed by atoms with E-state index in [0.29, 0.717) is 11.4 Å². The maximum Gasteiger partial charge on any atom is 0.227 e. The summed E-state index contributed by atoms with van der Waals surface area (Å²) in [6.07, 6.45) is 5.25. The lowest BCUT2D eigenvalue weighted by Gasteiger charge is -2.28. The Morgan fingerprint density at radius 2 is 1.86 bits per heavy atom. The van der Waals surface area contributed by atoms with Crippen molar-refractivity contribution in [2.45, 2.75) is 19.5 Å². The number of nitrogens with one attached hydrogen (secondary N) is 2. The predicted molar refractivity (Wildman–Crippen MR) is 114 cm³/mol. The molecule has 3 heterocycles. The summed E-state index contributed by atoms with van der Waals surface area (Å²) in [4.78, 5) is 18.0. The van der Waals surface area contributed by atoms with E-state index in [-0.39, 0.29) is 11.8 Å². The Balaban J connectivity index is 1.37. The smallest absolute Gasteiger partial charge is 0.227 e. The number of anilines is 1. The Labute approximate surface area is 175 Å². The maximum atomic E-state index is 12.5. The van der Waals surface area contributed by atoms with Crippen LogP contribution in [-0.2, 0) is 18.5 Å². The van der Waals surface area contributed by atoms with Gasteiger partial charge in [-0.05, 0) is 36.5 Å². The minimum absolute atomic E-state index is 0.0584. The molecule has 8 heteroatoms. The molecule has 1 amide bonds. The first-order valence-corrected chi connectivity index (χ1v) is 10.3. The molecule has 7 nitrogen and oxygen atoms in total. The van der Waals surface area contributed by atoms with Gasteiger partial charge in [0.15, 0.2) is 12.5 Å². The van der Waals surface area contributed by atoms with Crippen molar-refractivity contribution in [3.63, 3.8) is 0 Å². The zero-order chi connectivity index (χ0) is 20.2. The second kappa shape index (κ2) is 8.67. The Hall–Kier alpha value is -2.84. The lowest BCUT2D eigenvalue weighted by molar-refractivity contribution is -0.928. The molecule has 0 bridgehead atoms. The van der Waals surface area contributed by atoms with E-state index < -0.39 is 0 Å². The molecule has 2 aromatic heterocycles. The van der Waals surface area contributed by atoms with Gasteiger partial charge in [-0.1, -0.05) is 18.2 Å². The van der Waals surface area contributed by atoms with Crippen molar-refractivity contribution < 1.29 is 9.69 Å². The summed E-state index contributed by atoms with van der Waals surface area (Å²) in [6, 6.07) is 13.5. The molecule has 0 saturated carbocycles. The van der Waals surface area contributed by atoms with E-state index in [9.17, 15) is 4.79 Å². The lowest BCUT2D eigenvalue weighted by Crippen LogP contribution is -3.12. The van der Waals surface area contributed by atoms with Crippen molar-refractivity contribution in [1.29, 1.82) is 0 Å². The standard InChI is InChI=1S/C21H24N6OS/c1-25-19(16-7-11-22-12-8-16)24-27(21(25)29)15-26-13-9-17(10-14-26)20(28)23-18-5-3-2-4-6-18/h2-8,11-12,17H,9-10,13-15H2,1H3,(H,23,28)/p+1. The highest BCUT2D eigenvalue weighted by molar-refractivity contribution is 7.71. The number of carbonyl (C=O) groups is 1. The summed E-state index contributed by atoms with van der Waals surface area (Å²) in [5, 5.41) is 7.75. The first kappa shape index (κ1) is 19.5. The Bertz CT molecular complexity index is 1020. The summed E-state index contributed by atoms with van der Waals surface area (Å²) in [5.41, 5.74) is 1.86. The molecule has 1 aliphatic heterocycles. The average molecular weight is 410 g/mol. The number of para-hydroxylation sites is 1. The van der Waals surface area contributed by atoms with Gasteiger partial charge in [-0.3, -0.25) is 9.78 Å². The summed E-state index contributed by atoms with van der Waals surface area (Å²) >= 11 is 5.59. The highest BCUT2D eigenvalue weighted by atomic mass is 32.1. The molecule has 150 valence electrons. The number of quaternary nitrogens is 1. The van der Waals surface area contributed by atoms with Crippen LogP contribution in [0.3, 0.4) is 0 Å². The molecular weight excluding hydrogens is 384 g/mol. The molecule has 4 rings (SSSR count). The van der Waals surface area contributed by atoms with Crippen LogP contribution in [-0.4, -0.2) is 38.3 Å². The molecule has 3 aromatic rings. The number of hydrogen-bond donors (Lipinski definition) is 2. The molecule has 1 aliphatic rings. The van der Waals surface area contributed by atoms with E-state index in [1.807, 2.05) is 58.8 Å². The van der Waals surface area contributed by atoms with Gasteiger partial charge >= 0.3 is 0 Å². The van der Waals surface area contributed by atoms with E-state index in [1.54, 1.807) is 12.4 Å². The topological polar surface area (TPSA) is 69.2 Å². The van der Waals surface area contributed by atoms with Crippen molar-refractivity contribution >= 4 is 23.8 Å². The number of benzene rings is 1. The zero-order valence-electron chi connectivity index (χ0n) is 16.4. The maximum absolute atomic E-state index is 12.5. The van der Waals surface area contributed by atoms with Crippen LogP contribution in [0, 0.1) is 10.7 Å². The Kier molecular flexibility index (Phi) is 5.82. The molecule has 0 atom stereocenters. The first-order valence-electron chi connectivity index (χ1n) is 9.85. The van der Waals surface area contributed by atoms with Gasteiger partial charge in [0.1, 0.15) is 0 Å². The van der Waals surface area contributed by atoms with Crippen LogP contribution < -0.4 is 10.2 Å². The van der Waals surface area contributed by atoms with Crippen molar-refractivity contribution in [3.8, 4) is 11.4 Å². The fourth-order valence-corrected chi connectivity index (χ4v) is 3.96. The van der Waals surface area contributed by atoms with Gasteiger partial charge in [-0.25, -0.2) is 0 Å². The van der Waals surface area contributed by atoms with Gasteiger partial charge in [0.05, 0.1) is 13.1 Å². The SMILES string of the molecule is Cn1c(-c2ccncc2)nn(C[NH+]2CCC(C(=O)Nc3ccccc3)CC2)c1=S. The molecule has 0 spiro atoms. The van der Waals surface area contributed by atoms with Crippen molar-refractivity contribution in [2.75, 3.05) is 18.4 Å². The highest BCUT2D eigenvalue weighted by Crippen LogP contribution is 2.16. The number of likely N-dealkylation sites (tertiary alicyclic amines) is 1. The quantitative estimate of drug-likeness (QED) is 0.632. The van der Waals surface area contributed by atoms with Crippen molar-refractivity contribution in [1.82, 2.24) is 19.3 Å². The summed E-state index contributed by atoms with van der Waals surface area (Å²) < 4.78 is 4.53. The summed E-state index contributed by atoms with van der Waals surface area (Å²) in [7, 11) is 1.94. The van der Waals surface area contributed by atoms with E-state index >= 15 is 0 Å². The highest BCUT2D eigenvalue weighted by Gasteiger charge is 2.28. The summed E-state index contributed by atoms with van der Waals surface area (Å²) in [6.45, 7) is 2.57. The minimum Gasteiger partial charge on any atom is -0.326 e. The van der Waals surface area contributed by atoms with Gasteiger partial charge in [-0.2, -0.15) is 4.68 Å². The van der Waals surface area contributed by atoms with Gasteiger partial charge in [0.2, 0.25) is 10.7 Å². The van der Waals surface area contributed by atoms with Gasteiger partial charge in [0.25, 0.3) is 0 Å². The predicted octanol–water partition coefficient (Wildman–Crippen LogP) is 1.90.